The number of carbonyl (C=O) groups is 1. The Labute approximate surface area is 135 Å². The van der Waals surface area contributed by atoms with Gasteiger partial charge in [-0.25, -0.2) is 4.39 Å². The Bertz CT molecular complexity index is 707. The van der Waals surface area contributed by atoms with Crippen molar-refractivity contribution in [2.45, 2.75) is 44.6 Å². The van der Waals surface area contributed by atoms with E-state index in [1.54, 1.807) is 6.07 Å². The largest absolute Gasteiger partial charge is 0.361 e. The average molecular weight is 317 g/mol. The first-order valence-corrected chi connectivity index (χ1v) is 8.29. The van der Waals surface area contributed by atoms with Crippen LogP contribution in [0.4, 0.5) is 4.39 Å². The Balaban J connectivity index is 1.59. The molecule has 2 aromatic rings. The van der Waals surface area contributed by atoms with Crippen LogP contribution in [0.3, 0.4) is 0 Å². The lowest BCUT2D eigenvalue weighted by Gasteiger charge is -2.37. The summed E-state index contributed by atoms with van der Waals surface area (Å²) in [4.78, 5) is 15.5. The third-order valence-corrected chi connectivity index (χ3v) is 4.99. The fraction of sp³-hybridized carbons (Fsp3) is 0.500. The summed E-state index contributed by atoms with van der Waals surface area (Å²) in [7, 11) is 0. The highest BCUT2D eigenvalue weighted by Crippen LogP contribution is 2.31. The van der Waals surface area contributed by atoms with E-state index in [1.165, 1.54) is 12.1 Å². The molecule has 124 valence electrons. The first-order chi connectivity index (χ1) is 11.0. The van der Waals surface area contributed by atoms with Gasteiger partial charge in [-0.2, -0.15) is 0 Å². The summed E-state index contributed by atoms with van der Waals surface area (Å²) in [5.41, 5.74) is 7.74. The van der Waals surface area contributed by atoms with E-state index in [-0.39, 0.29) is 17.6 Å². The molecule has 0 bridgehead atoms. The van der Waals surface area contributed by atoms with Gasteiger partial charge in [-0.15, -0.1) is 0 Å². The molecule has 2 unspecified atom stereocenters. The number of nitrogens with one attached hydrogen (secondary N) is 2. The predicted molar refractivity (Wildman–Crippen MR) is 89.5 cm³/mol. The van der Waals surface area contributed by atoms with Crippen molar-refractivity contribution in [3.63, 3.8) is 0 Å². The second kappa shape index (κ2) is 6.32. The minimum Gasteiger partial charge on any atom is -0.361 e. The molecule has 1 aliphatic rings. The number of rotatable bonds is 4. The number of amides is 1. The van der Waals surface area contributed by atoms with Crippen LogP contribution in [0.25, 0.3) is 10.9 Å². The number of carbonyl (C=O) groups excluding carboxylic acids is 1. The van der Waals surface area contributed by atoms with Crippen LogP contribution in [0.15, 0.2) is 24.4 Å². The van der Waals surface area contributed by atoms with Gasteiger partial charge in [0.05, 0.1) is 5.92 Å². The summed E-state index contributed by atoms with van der Waals surface area (Å²) < 4.78 is 13.2. The van der Waals surface area contributed by atoms with Crippen molar-refractivity contribution in [3.05, 3.63) is 35.8 Å². The maximum Gasteiger partial charge on any atom is 0.224 e. The molecule has 0 radical (unpaired) electrons. The zero-order valence-corrected chi connectivity index (χ0v) is 13.5. The van der Waals surface area contributed by atoms with Crippen molar-refractivity contribution in [1.82, 2.24) is 10.3 Å². The van der Waals surface area contributed by atoms with Crippen molar-refractivity contribution in [2.75, 3.05) is 6.54 Å². The third-order valence-electron chi connectivity index (χ3n) is 4.99. The van der Waals surface area contributed by atoms with Crippen molar-refractivity contribution < 1.29 is 9.18 Å². The molecule has 1 fully saturated rings. The molecule has 0 aliphatic heterocycles. The summed E-state index contributed by atoms with van der Waals surface area (Å²) in [6.07, 6.45) is 6.53. The molecule has 0 saturated heterocycles. The van der Waals surface area contributed by atoms with Gasteiger partial charge in [0, 0.05) is 29.2 Å². The standard InChI is InChI=1S/C18H24FN3O/c1-18(20)8-3-2-4-15(18)17(23)21-9-7-12-11-22-16-10-13(19)5-6-14(12)16/h5-6,10-11,15,22H,2-4,7-9,20H2,1H3,(H,21,23). The fourth-order valence-electron chi connectivity index (χ4n) is 3.60. The monoisotopic (exact) mass is 317 g/mol. The van der Waals surface area contributed by atoms with Crippen LogP contribution in [0.2, 0.25) is 0 Å². The van der Waals surface area contributed by atoms with Gasteiger partial charge in [0.25, 0.3) is 0 Å². The Hall–Kier alpha value is -1.88. The van der Waals surface area contributed by atoms with Crippen LogP contribution in [0, 0.1) is 11.7 Å². The van der Waals surface area contributed by atoms with E-state index >= 15 is 0 Å². The van der Waals surface area contributed by atoms with Gasteiger partial charge in [-0.05, 0) is 49.9 Å². The topological polar surface area (TPSA) is 70.9 Å². The van der Waals surface area contributed by atoms with E-state index < -0.39 is 5.54 Å². The number of aromatic amines is 1. The van der Waals surface area contributed by atoms with Gasteiger partial charge in [0.1, 0.15) is 5.82 Å². The first kappa shape index (κ1) is 16.0. The summed E-state index contributed by atoms with van der Waals surface area (Å²) in [5, 5.41) is 4.02. The number of hydrogen-bond acceptors (Lipinski definition) is 2. The fourth-order valence-corrected chi connectivity index (χ4v) is 3.60. The highest BCUT2D eigenvalue weighted by molar-refractivity contribution is 5.83. The molecule has 2 atom stereocenters. The highest BCUT2D eigenvalue weighted by atomic mass is 19.1. The minimum absolute atomic E-state index is 0.0561. The van der Waals surface area contributed by atoms with Crippen LogP contribution >= 0.6 is 0 Å². The number of halogens is 1. The lowest BCUT2D eigenvalue weighted by molar-refractivity contribution is -0.128. The highest BCUT2D eigenvalue weighted by Gasteiger charge is 2.37. The SMILES string of the molecule is CC1(N)CCCCC1C(=O)NCCc1c[nH]c2cc(F)ccc12. The Morgan fingerprint density at radius 1 is 1.48 bits per heavy atom. The number of hydrogen-bond donors (Lipinski definition) is 3. The number of fused-ring (bicyclic) bond motifs is 1. The number of benzene rings is 1. The second-order valence-corrected chi connectivity index (χ2v) is 6.85. The summed E-state index contributed by atoms with van der Waals surface area (Å²) in [5.74, 6) is -0.298. The molecule has 1 aromatic heterocycles. The summed E-state index contributed by atoms with van der Waals surface area (Å²) in [6.45, 7) is 2.54. The molecule has 23 heavy (non-hydrogen) atoms. The molecule has 1 aromatic carbocycles. The maximum absolute atomic E-state index is 13.2. The van der Waals surface area contributed by atoms with Crippen molar-refractivity contribution in [1.29, 1.82) is 0 Å². The van der Waals surface area contributed by atoms with E-state index in [0.29, 0.717) is 13.0 Å². The van der Waals surface area contributed by atoms with Crippen LogP contribution in [-0.2, 0) is 11.2 Å². The van der Waals surface area contributed by atoms with Gasteiger partial charge in [-0.1, -0.05) is 12.8 Å². The Morgan fingerprint density at radius 3 is 3.09 bits per heavy atom. The average Bonchev–Trinajstić information content (AvgIpc) is 2.89. The van der Waals surface area contributed by atoms with Crippen molar-refractivity contribution >= 4 is 16.8 Å². The zero-order valence-electron chi connectivity index (χ0n) is 13.5. The lowest BCUT2D eigenvalue weighted by atomic mass is 9.74. The Morgan fingerprint density at radius 2 is 2.30 bits per heavy atom. The quantitative estimate of drug-likeness (QED) is 0.811. The molecular weight excluding hydrogens is 293 g/mol. The molecule has 4 N–H and O–H groups in total. The first-order valence-electron chi connectivity index (χ1n) is 8.29. The minimum atomic E-state index is -0.402. The number of nitrogens with two attached hydrogens (primary N) is 1. The normalized spacial score (nSPS) is 24.7. The third kappa shape index (κ3) is 3.39. The zero-order chi connectivity index (χ0) is 16.4. The van der Waals surface area contributed by atoms with Gasteiger partial charge < -0.3 is 16.0 Å². The smallest absolute Gasteiger partial charge is 0.224 e. The van der Waals surface area contributed by atoms with Crippen molar-refractivity contribution in [3.8, 4) is 0 Å². The van der Waals surface area contributed by atoms with Gasteiger partial charge in [0.2, 0.25) is 5.91 Å². The van der Waals surface area contributed by atoms with Crippen LogP contribution in [-0.4, -0.2) is 23.0 Å². The second-order valence-electron chi connectivity index (χ2n) is 6.85. The summed E-state index contributed by atoms with van der Waals surface area (Å²) >= 11 is 0. The van der Waals surface area contributed by atoms with Gasteiger partial charge in [0.15, 0.2) is 0 Å². The summed E-state index contributed by atoms with van der Waals surface area (Å²) in [6, 6.07) is 4.72. The van der Waals surface area contributed by atoms with E-state index in [9.17, 15) is 9.18 Å². The van der Waals surface area contributed by atoms with E-state index in [2.05, 4.69) is 10.3 Å². The molecule has 1 heterocycles. The molecule has 4 nitrogen and oxygen atoms in total. The van der Waals surface area contributed by atoms with E-state index in [4.69, 9.17) is 5.73 Å². The molecule has 1 saturated carbocycles. The van der Waals surface area contributed by atoms with Gasteiger partial charge >= 0.3 is 0 Å². The van der Waals surface area contributed by atoms with Crippen LogP contribution in [0.5, 0.6) is 0 Å². The molecule has 1 amide bonds. The molecule has 0 spiro atoms. The lowest BCUT2D eigenvalue weighted by Crippen LogP contribution is -2.53. The van der Waals surface area contributed by atoms with Crippen LogP contribution in [0.1, 0.15) is 38.2 Å². The number of aromatic nitrogens is 1. The molecule has 1 aliphatic carbocycles. The molecule has 3 rings (SSSR count). The maximum atomic E-state index is 13.2. The van der Waals surface area contributed by atoms with Crippen LogP contribution < -0.4 is 11.1 Å². The Kier molecular flexibility index (Phi) is 4.39. The predicted octanol–water partition coefficient (Wildman–Crippen LogP) is 2.87. The van der Waals surface area contributed by atoms with Crippen molar-refractivity contribution in [2.24, 2.45) is 11.7 Å². The molecular formula is C18H24FN3O. The molecule has 5 heteroatoms. The number of H-pyrrole nitrogens is 1. The van der Waals surface area contributed by atoms with E-state index in [0.717, 1.165) is 42.1 Å². The van der Waals surface area contributed by atoms with E-state index in [1.807, 2.05) is 13.1 Å². The van der Waals surface area contributed by atoms with Gasteiger partial charge in [-0.3, -0.25) is 4.79 Å².